The average molecular weight is 414 g/mol. The molecule has 0 bridgehead atoms. The van der Waals surface area contributed by atoms with Crippen LogP contribution in [0.1, 0.15) is 15.9 Å². The van der Waals surface area contributed by atoms with Crippen molar-refractivity contribution >= 4 is 22.4 Å². The van der Waals surface area contributed by atoms with Crippen molar-refractivity contribution in [1.82, 2.24) is 4.57 Å². The van der Waals surface area contributed by atoms with Gasteiger partial charge >= 0.3 is 0 Å². The van der Waals surface area contributed by atoms with Gasteiger partial charge in [0.25, 0.3) is 11.5 Å². The van der Waals surface area contributed by atoms with Gasteiger partial charge in [0.2, 0.25) is 0 Å². The van der Waals surface area contributed by atoms with Gasteiger partial charge < -0.3 is 19.4 Å². The van der Waals surface area contributed by atoms with Gasteiger partial charge in [-0.05, 0) is 34.5 Å². The summed E-state index contributed by atoms with van der Waals surface area (Å²) in [6.45, 7) is 0.368. The van der Waals surface area contributed by atoms with Crippen LogP contribution in [0.2, 0.25) is 0 Å². The maximum Gasteiger partial charge on any atom is 0.257 e. The number of pyridine rings is 1. The molecule has 1 aromatic heterocycles. The van der Waals surface area contributed by atoms with Crippen molar-refractivity contribution in [2.75, 3.05) is 19.5 Å². The van der Waals surface area contributed by atoms with Crippen molar-refractivity contribution in [3.05, 3.63) is 100 Å². The number of carbonyl (C=O) groups excluding carboxylic acids is 1. The zero-order valence-corrected chi connectivity index (χ0v) is 17.3. The second-order valence-electron chi connectivity index (χ2n) is 7.04. The molecular weight excluding hydrogens is 392 g/mol. The summed E-state index contributed by atoms with van der Waals surface area (Å²) in [5, 5.41) is 5.02. The first kappa shape index (κ1) is 20.2. The SMILES string of the molecule is COc1ccc(NC(=O)c2ccc(=O)n(Cc3cccc4ccccc34)c2)c(OC)c1. The highest BCUT2D eigenvalue weighted by atomic mass is 16.5. The molecule has 4 aromatic rings. The third-order valence-electron chi connectivity index (χ3n) is 5.12. The van der Waals surface area contributed by atoms with E-state index < -0.39 is 0 Å². The number of ether oxygens (including phenoxy) is 2. The Hall–Kier alpha value is -4.06. The van der Waals surface area contributed by atoms with Gasteiger partial charge in [-0.1, -0.05) is 42.5 Å². The molecule has 0 unspecified atom stereocenters. The first-order chi connectivity index (χ1) is 15.1. The molecule has 156 valence electrons. The van der Waals surface area contributed by atoms with Crippen LogP contribution in [0.25, 0.3) is 10.8 Å². The standard InChI is InChI=1S/C25H22N2O4/c1-30-20-11-12-22(23(14-20)31-2)26-25(29)19-10-13-24(28)27(16-19)15-18-8-5-7-17-6-3-4-9-21(17)18/h3-14,16H,15H2,1-2H3,(H,26,29). The van der Waals surface area contributed by atoms with Crippen molar-refractivity contribution < 1.29 is 14.3 Å². The summed E-state index contributed by atoms with van der Waals surface area (Å²) < 4.78 is 12.1. The number of nitrogens with zero attached hydrogens (tertiary/aromatic N) is 1. The van der Waals surface area contributed by atoms with Crippen LogP contribution in [-0.4, -0.2) is 24.7 Å². The molecule has 0 fully saturated rings. The molecule has 4 rings (SSSR count). The number of amides is 1. The van der Waals surface area contributed by atoms with E-state index >= 15 is 0 Å². The molecule has 0 aliphatic rings. The Morgan fingerprint density at radius 1 is 0.935 bits per heavy atom. The Morgan fingerprint density at radius 3 is 2.55 bits per heavy atom. The van der Waals surface area contributed by atoms with E-state index in [9.17, 15) is 9.59 Å². The van der Waals surface area contributed by atoms with Crippen LogP contribution in [0, 0.1) is 0 Å². The highest BCUT2D eigenvalue weighted by molar-refractivity contribution is 6.04. The lowest BCUT2D eigenvalue weighted by Crippen LogP contribution is -2.22. The minimum atomic E-state index is -0.338. The number of benzene rings is 3. The number of rotatable bonds is 6. The molecule has 6 nitrogen and oxygen atoms in total. The third-order valence-corrected chi connectivity index (χ3v) is 5.12. The molecule has 0 radical (unpaired) electrons. The fourth-order valence-corrected chi connectivity index (χ4v) is 3.50. The molecule has 0 atom stereocenters. The average Bonchev–Trinajstić information content (AvgIpc) is 2.81. The van der Waals surface area contributed by atoms with Crippen molar-refractivity contribution in [2.24, 2.45) is 0 Å². The minimum Gasteiger partial charge on any atom is -0.497 e. The monoisotopic (exact) mass is 414 g/mol. The van der Waals surface area contributed by atoms with Gasteiger partial charge in [0.15, 0.2) is 0 Å². The van der Waals surface area contributed by atoms with E-state index in [1.54, 1.807) is 36.1 Å². The highest BCUT2D eigenvalue weighted by Crippen LogP contribution is 2.29. The predicted molar refractivity (Wildman–Crippen MR) is 121 cm³/mol. The summed E-state index contributed by atoms with van der Waals surface area (Å²) in [6, 6.07) is 22.1. The zero-order chi connectivity index (χ0) is 21.8. The molecule has 1 heterocycles. The number of anilines is 1. The van der Waals surface area contributed by atoms with Crippen molar-refractivity contribution in [1.29, 1.82) is 0 Å². The topological polar surface area (TPSA) is 69.6 Å². The third kappa shape index (κ3) is 4.28. The lowest BCUT2D eigenvalue weighted by molar-refractivity contribution is 0.102. The summed E-state index contributed by atoms with van der Waals surface area (Å²) in [7, 11) is 3.08. The lowest BCUT2D eigenvalue weighted by Gasteiger charge is -2.13. The predicted octanol–water partition coefficient (Wildman–Crippen LogP) is 4.32. The normalized spacial score (nSPS) is 10.6. The van der Waals surface area contributed by atoms with E-state index in [0.717, 1.165) is 16.3 Å². The number of hydrogen-bond donors (Lipinski definition) is 1. The van der Waals surface area contributed by atoms with Crippen LogP contribution in [0.5, 0.6) is 11.5 Å². The molecular formula is C25H22N2O4. The van der Waals surface area contributed by atoms with Crippen LogP contribution in [0.4, 0.5) is 5.69 Å². The first-order valence-electron chi connectivity index (χ1n) is 9.79. The van der Waals surface area contributed by atoms with Crippen molar-refractivity contribution in [2.45, 2.75) is 6.54 Å². The number of methoxy groups -OCH3 is 2. The molecule has 31 heavy (non-hydrogen) atoms. The second-order valence-corrected chi connectivity index (χ2v) is 7.04. The first-order valence-corrected chi connectivity index (χ1v) is 9.79. The van der Waals surface area contributed by atoms with Gasteiger partial charge in [-0.2, -0.15) is 0 Å². The van der Waals surface area contributed by atoms with Crippen LogP contribution in [-0.2, 0) is 6.54 Å². The maximum atomic E-state index is 12.9. The molecule has 0 aliphatic heterocycles. The molecule has 0 spiro atoms. The summed E-state index contributed by atoms with van der Waals surface area (Å²) in [5.74, 6) is 0.769. The fraction of sp³-hybridized carbons (Fsp3) is 0.120. The van der Waals surface area contributed by atoms with Crippen LogP contribution in [0.3, 0.4) is 0 Å². The van der Waals surface area contributed by atoms with Crippen molar-refractivity contribution in [3.63, 3.8) is 0 Å². The minimum absolute atomic E-state index is 0.175. The van der Waals surface area contributed by atoms with E-state index in [2.05, 4.69) is 5.32 Å². The Bertz CT molecular complexity index is 1310. The highest BCUT2D eigenvalue weighted by Gasteiger charge is 2.13. The summed E-state index contributed by atoms with van der Waals surface area (Å²) in [5.41, 5.74) is 1.72. The van der Waals surface area contributed by atoms with E-state index in [0.29, 0.717) is 29.3 Å². The summed E-state index contributed by atoms with van der Waals surface area (Å²) in [4.78, 5) is 25.3. The van der Waals surface area contributed by atoms with Crippen molar-refractivity contribution in [3.8, 4) is 11.5 Å². The Labute approximate surface area is 179 Å². The molecule has 0 aliphatic carbocycles. The van der Waals surface area contributed by atoms with Crippen LogP contribution < -0.4 is 20.3 Å². The number of fused-ring (bicyclic) bond motifs is 1. The molecule has 0 saturated carbocycles. The lowest BCUT2D eigenvalue weighted by atomic mass is 10.0. The summed E-state index contributed by atoms with van der Waals surface area (Å²) >= 11 is 0. The Balaban J connectivity index is 1.62. The molecule has 3 aromatic carbocycles. The Kier molecular flexibility index (Phi) is 5.71. The molecule has 1 amide bonds. The van der Waals surface area contributed by atoms with Crippen LogP contribution >= 0.6 is 0 Å². The van der Waals surface area contributed by atoms with Gasteiger partial charge in [-0.25, -0.2) is 0 Å². The van der Waals surface area contributed by atoms with E-state index in [1.165, 1.54) is 19.2 Å². The quantitative estimate of drug-likeness (QED) is 0.510. The van der Waals surface area contributed by atoms with Gasteiger partial charge in [0, 0.05) is 18.3 Å². The van der Waals surface area contributed by atoms with E-state index in [4.69, 9.17) is 9.47 Å². The van der Waals surface area contributed by atoms with E-state index in [-0.39, 0.29) is 11.5 Å². The largest absolute Gasteiger partial charge is 0.497 e. The summed E-state index contributed by atoms with van der Waals surface area (Å²) in [6.07, 6.45) is 1.58. The number of aromatic nitrogens is 1. The van der Waals surface area contributed by atoms with Crippen LogP contribution in [0.15, 0.2) is 83.8 Å². The molecule has 0 saturated heterocycles. The molecule has 1 N–H and O–H groups in total. The number of nitrogens with one attached hydrogen (secondary N) is 1. The second kappa shape index (κ2) is 8.75. The smallest absolute Gasteiger partial charge is 0.257 e. The fourth-order valence-electron chi connectivity index (χ4n) is 3.50. The Morgan fingerprint density at radius 2 is 1.74 bits per heavy atom. The zero-order valence-electron chi connectivity index (χ0n) is 17.3. The van der Waals surface area contributed by atoms with Gasteiger partial charge in [-0.3, -0.25) is 9.59 Å². The van der Waals surface area contributed by atoms with Gasteiger partial charge in [0.1, 0.15) is 11.5 Å². The van der Waals surface area contributed by atoms with E-state index in [1.807, 2.05) is 42.5 Å². The van der Waals surface area contributed by atoms with Gasteiger partial charge in [-0.15, -0.1) is 0 Å². The van der Waals surface area contributed by atoms with Gasteiger partial charge in [0.05, 0.1) is 32.0 Å². The maximum absolute atomic E-state index is 12.9. The number of hydrogen-bond acceptors (Lipinski definition) is 4. The molecule has 6 heteroatoms. The number of carbonyl (C=O) groups is 1.